The van der Waals surface area contributed by atoms with Gasteiger partial charge in [0.25, 0.3) is 0 Å². The van der Waals surface area contributed by atoms with Crippen LogP contribution >= 0.6 is 0 Å². The zero-order valence-corrected chi connectivity index (χ0v) is 27.5. The summed E-state index contributed by atoms with van der Waals surface area (Å²) >= 11 is 0. The van der Waals surface area contributed by atoms with Gasteiger partial charge in [0.1, 0.15) is 6.07 Å². The summed E-state index contributed by atoms with van der Waals surface area (Å²) in [7, 11) is -3.79. The molecule has 6 nitrogen and oxygen atoms in total. The smallest absolute Gasteiger partial charge is 0.241 e. The Balaban J connectivity index is 1.49. The molecule has 1 N–H and O–H groups in total. The van der Waals surface area contributed by atoms with Crippen molar-refractivity contribution in [3.05, 3.63) is 53.6 Å². The number of carbonyl (C=O) groups is 2. The highest BCUT2D eigenvalue weighted by Gasteiger charge is 2.70. The van der Waals surface area contributed by atoms with Gasteiger partial charge in [-0.25, -0.2) is 13.1 Å². The number of nitrogens with one attached hydrogen (secondary N) is 1. The number of nitriles is 1. The Bertz CT molecular complexity index is 1620. The fourth-order valence-electron chi connectivity index (χ4n) is 10.7. The highest BCUT2D eigenvalue weighted by molar-refractivity contribution is 7.89. The second-order valence-electron chi connectivity index (χ2n) is 16.3. The van der Waals surface area contributed by atoms with Crippen molar-refractivity contribution < 1.29 is 18.0 Å². The second kappa shape index (κ2) is 9.23. The molecular weight excluding hydrogens is 556 g/mol. The number of sulfonamides is 1. The second-order valence-corrected chi connectivity index (χ2v) is 18.0. The largest absolute Gasteiger partial charge is 0.295 e. The van der Waals surface area contributed by atoms with E-state index in [9.17, 15) is 23.3 Å². The topological polar surface area (TPSA) is 104 Å². The van der Waals surface area contributed by atoms with Gasteiger partial charge in [-0.2, -0.15) is 5.26 Å². The summed E-state index contributed by atoms with van der Waals surface area (Å²) in [5.41, 5.74) is -1.49. The Kier molecular flexibility index (Phi) is 6.54. The van der Waals surface area contributed by atoms with Crippen molar-refractivity contribution in [2.24, 2.45) is 44.8 Å². The quantitative estimate of drug-likeness (QED) is 0.404. The van der Waals surface area contributed by atoms with Gasteiger partial charge in [0.15, 0.2) is 11.6 Å². The van der Waals surface area contributed by atoms with E-state index in [0.717, 1.165) is 37.7 Å². The maximum atomic E-state index is 14.7. The van der Waals surface area contributed by atoms with Crippen molar-refractivity contribution in [2.75, 3.05) is 0 Å². The zero-order valence-electron chi connectivity index (χ0n) is 26.7. The molecule has 230 valence electrons. The van der Waals surface area contributed by atoms with E-state index in [1.165, 1.54) is 0 Å². The number of benzene rings is 1. The molecule has 3 saturated carbocycles. The van der Waals surface area contributed by atoms with Crippen molar-refractivity contribution in [3.63, 3.8) is 0 Å². The van der Waals surface area contributed by atoms with Crippen LogP contribution in [0.1, 0.15) is 93.4 Å². The van der Waals surface area contributed by atoms with Gasteiger partial charge in [0.05, 0.1) is 10.5 Å². The lowest BCUT2D eigenvalue weighted by Gasteiger charge is -2.69. The highest BCUT2D eigenvalue weighted by Crippen LogP contribution is 2.73. The first-order chi connectivity index (χ1) is 19.9. The SMILES string of the molecule is CC1(C)CC[C@]2(NS(=O)(=O)c3ccccc3)CC[C@]3(C)[C@H](C(=O)C=C4[C@@]5(C)C=C(C#N)C(=O)C(C)(C)[C@@H]5CC[C@]43C)[C@@H]2C1. The van der Waals surface area contributed by atoms with Gasteiger partial charge in [0, 0.05) is 22.3 Å². The first kappa shape index (κ1) is 30.5. The summed E-state index contributed by atoms with van der Waals surface area (Å²) in [6, 6.07) is 10.7. The average molecular weight is 603 g/mol. The molecule has 6 rings (SSSR count). The van der Waals surface area contributed by atoms with Gasteiger partial charge >= 0.3 is 0 Å². The molecule has 5 aliphatic rings. The number of rotatable bonds is 3. The third-order valence-corrected chi connectivity index (χ3v) is 14.8. The molecule has 0 spiro atoms. The van der Waals surface area contributed by atoms with Gasteiger partial charge in [-0.15, -0.1) is 0 Å². The number of fused-ring (bicyclic) bond motifs is 7. The molecule has 1 aromatic rings. The lowest BCUT2D eigenvalue weighted by molar-refractivity contribution is -0.159. The Morgan fingerprint density at radius 3 is 2.21 bits per heavy atom. The van der Waals surface area contributed by atoms with Crippen LogP contribution in [-0.4, -0.2) is 25.5 Å². The maximum Gasteiger partial charge on any atom is 0.241 e. The summed E-state index contributed by atoms with van der Waals surface area (Å²) in [4.78, 5) is 28.2. The van der Waals surface area contributed by atoms with E-state index in [2.05, 4.69) is 45.4 Å². The van der Waals surface area contributed by atoms with E-state index in [1.807, 2.05) is 32.1 Å². The highest BCUT2D eigenvalue weighted by atomic mass is 32.2. The van der Waals surface area contributed by atoms with E-state index < -0.39 is 31.8 Å². The number of Topliss-reactive ketones (excluding diaryl/α,β-unsaturated/α-hetero) is 1. The molecule has 7 atom stereocenters. The summed E-state index contributed by atoms with van der Waals surface area (Å²) in [5, 5.41) is 9.95. The lowest BCUT2D eigenvalue weighted by Crippen LogP contribution is -2.69. The molecular formula is C36H46N2O4S. The fraction of sp³-hybridized carbons (Fsp3) is 0.639. The first-order valence-electron chi connectivity index (χ1n) is 15.9. The van der Waals surface area contributed by atoms with Gasteiger partial charge in [0.2, 0.25) is 10.0 Å². The minimum Gasteiger partial charge on any atom is -0.295 e. The van der Waals surface area contributed by atoms with Crippen LogP contribution in [0.5, 0.6) is 0 Å². The molecule has 0 saturated heterocycles. The van der Waals surface area contributed by atoms with Gasteiger partial charge < -0.3 is 0 Å². The molecule has 0 bridgehead atoms. The minimum absolute atomic E-state index is 0.00847. The number of hydrogen-bond acceptors (Lipinski definition) is 5. The Morgan fingerprint density at radius 1 is 0.907 bits per heavy atom. The van der Waals surface area contributed by atoms with Crippen LogP contribution in [0.15, 0.2) is 58.5 Å². The van der Waals surface area contributed by atoms with E-state index in [0.29, 0.717) is 12.8 Å². The van der Waals surface area contributed by atoms with E-state index in [4.69, 9.17) is 0 Å². The molecule has 0 unspecified atom stereocenters. The Morgan fingerprint density at radius 2 is 1.56 bits per heavy atom. The predicted molar refractivity (Wildman–Crippen MR) is 166 cm³/mol. The van der Waals surface area contributed by atoms with Crippen LogP contribution < -0.4 is 4.72 Å². The average Bonchev–Trinajstić information content (AvgIpc) is 2.93. The fourth-order valence-corrected chi connectivity index (χ4v) is 12.3. The minimum atomic E-state index is -3.79. The van der Waals surface area contributed by atoms with Crippen LogP contribution in [-0.2, 0) is 19.6 Å². The molecule has 43 heavy (non-hydrogen) atoms. The summed E-state index contributed by atoms with van der Waals surface area (Å²) in [6.45, 7) is 15.1. The molecule has 0 aromatic heterocycles. The monoisotopic (exact) mass is 602 g/mol. The Hall–Kier alpha value is -2.56. The van der Waals surface area contributed by atoms with E-state index in [-0.39, 0.29) is 50.6 Å². The van der Waals surface area contributed by atoms with Crippen molar-refractivity contribution in [2.45, 2.75) is 104 Å². The van der Waals surface area contributed by atoms with Crippen molar-refractivity contribution in [1.29, 1.82) is 5.26 Å². The molecule has 0 amide bonds. The number of ketones is 2. The molecule has 0 aliphatic heterocycles. The van der Waals surface area contributed by atoms with Crippen molar-refractivity contribution in [3.8, 4) is 6.07 Å². The lowest BCUT2D eigenvalue weighted by atomic mass is 9.35. The molecule has 5 aliphatic carbocycles. The van der Waals surface area contributed by atoms with E-state index >= 15 is 0 Å². The normalized spacial score (nSPS) is 41.4. The van der Waals surface area contributed by atoms with Crippen molar-refractivity contribution >= 4 is 21.6 Å². The first-order valence-corrected chi connectivity index (χ1v) is 17.4. The molecule has 0 radical (unpaired) electrons. The van der Waals surface area contributed by atoms with Gasteiger partial charge in [-0.05, 0) is 91.2 Å². The third kappa shape index (κ3) is 4.08. The summed E-state index contributed by atoms with van der Waals surface area (Å²) in [5.74, 6) is -0.512. The van der Waals surface area contributed by atoms with Crippen LogP contribution in [0.2, 0.25) is 0 Å². The number of carbonyl (C=O) groups excluding carboxylic acids is 2. The molecule has 0 heterocycles. The summed E-state index contributed by atoms with van der Waals surface area (Å²) < 4.78 is 30.8. The van der Waals surface area contributed by atoms with E-state index in [1.54, 1.807) is 24.3 Å². The van der Waals surface area contributed by atoms with Crippen LogP contribution in [0.25, 0.3) is 0 Å². The number of nitrogens with zero attached hydrogens (tertiary/aromatic N) is 1. The molecule has 7 heteroatoms. The van der Waals surface area contributed by atoms with Crippen LogP contribution in [0, 0.1) is 56.2 Å². The predicted octanol–water partition coefficient (Wildman–Crippen LogP) is 6.94. The Labute approximate surface area is 257 Å². The molecule has 1 aromatic carbocycles. The van der Waals surface area contributed by atoms with Crippen LogP contribution in [0.3, 0.4) is 0 Å². The summed E-state index contributed by atoms with van der Waals surface area (Å²) in [6.07, 6.45) is 9.19. The van der Waals surface area contributed by atoms with Crippen LogP contribution in [0.4, 0.5) is 0 Å². The number of hydrogen-bond donors (Lipinski definition) is 1. The maximum absolute atomic E-state index is 14.7. The van der Waals surface area contributed by atoms with Gasteiger partial charge in [-0.3, -0.25) is 9.59 Å². The number of allylic oxidation sites excluding steroid dienone is 4. The third-order valence-electron chi connectivity index (χ3n) is 13.3. The molecule has 3 fully saturated rings. The van der Waals surface area contributed by atoms with Crippen molar-refractivity contribution in [1.82, 2.24) is 4.72 Å². The zero-order chi connectivity index (χ0) is 31.4. The van der Waals surface area contributed by atoms with Gasteiger partial charge in [-0.1, -0.05) is 78.3 Å². The standard InChI is InChI=1S/C36H46N2O4S/c1-31(2)15-17-36(38-43(41,42)24-11-9-8-10-12-24)18-16-35(7)29(25(36)21-31)26(39)19-28-33(5)20-23(22-37)30(40)32(3,4)27(33)13-14-34(28,35)6/h8-12,19-20,25,27,29,38H,13-18,21H2,1-7H3/t25-,27-,29-,33-,34+,35+,36-/m0/s1.